The molecule has 0 atom stereocenters. The fourth-order valence-electron chi connectivity index (χ4n) is 2.55. The van der Waals surface area contributed by atoms with Crippen LogP contribution in [-0.2, 0) is 4.12 Å². The molecular weight excluding hydrogens is 344 g/mol. The van der Waals surface area contributed by atoms with Gasteiger partial charge in [-0.15, -0.1) is 0 Å². The first-order valence-corrected chi connectivity index (χ1v) is 13.9. The average Bonchev–Trinajstić information content (AvgIpc) is 2.54. The van der Waals surface area contributed by atoms with Crippen LogP contribution in [0.25, 0.3) is 12.2 Å². The lowest BCUT2D eigenvalue weighted by molar-refractivity contribution is 0.334. The highest BCUT2D eigenvalue weighted by Gasteiger charge is 2.39. The molecular formula is C20H26O3Si2. The molecule has 0 amide bonds. The van der Waals surface area contributed by atoms with Crippen LogP contribution in [0.5, 0.6) is 11.5 Å². The van der Waals surface area contributed by atoms with Crippen molar-refractivity contribution in [3.8, 4) is 11.5 Å². The van der Waals surface area contributed by atoms with Gasteiger partial charge in [0.1, 0.15) is 11.5 Å². The Kier molecular flexibility index (Phi) is 6.05. The van der Waals surface area contributed by atoms with Crippen molar-refractivity contribution in [3.05, 3.63) is 72.8 Å². The highest BCUT2D eigenvalue weighted by atomic mass is 28.5. The Bertz CT molecular complexity index is 656. The zero-order valence-electron chi connectivity index (χ0n) is 15.4. The minimum absolute atomic E-state index is 0.808. The van der Waals surface area contributed by atoms with Gasteiger partial charge in [-0.05, 0) is 61.6 Å². The molecule has 0 aliphatic rings. The van der Waals surface area contributed by atoms with Crippen LogP contribution in [0.2, 0.25) is 26.2 Å². The van der Waals surface area contributed by atoms with Crippen LogP contribution in [0.1, 0.15) is 11.1 Å². The monoisotopic (exact) mass is 370 g/mol. The second-order valence-electron chi connectivity index (χ2n) is 6.65. The molecule has 0 heterocycles. The Morgan fingerprint density at radius 1 is 0.640 bits per heavy atom. The smallest absolute Gasteiger partial charge is 0.384 e. The van der Waals surface area contributed by atoms with Crippen molar-refractivity contribution in [2.75, 3.05) is 0 Å². The molecule has 5 heteroatoms. The number of hydrogen-bond donors (Lipinski definition) is 0. The largest absolute Gasteiger partial charge is 0.521 e. The van der Waals surface area contributed by atoms with Crippen molar-refractivity contribution in [1.82, 2.24) is 0 Å². The summed E-state index contributed by atoms with van der Waals surface area (Å²) in [7, 11) is -4.77. The van der Waals surface area contributed by atoms with Crippen molar-refractivity contribution in [2.45, 2.75) is 26.2 Å². The van der Waals surface area contributed by atoms with Gasteiger partial charge in [0.2, 0.25) is 0 Å². The second-order valence-corrected chi connectivity index (χ2v) is 13.5. The third-order valence-electron chi connectivity index (χ3n) is 3.45. The molecule has 2 aromatic carbocycles. The maximum Gasteiger partial charge on any atom is 0.384 e. The van der Waals surface area contributed by atoms with E-state index in [0.717, 1.165) is 22.6 Å². The van der Waals surface area contributed by atoms with Crippen LogP contribution in [0.15, 0.2) is 61.7 Å². The molecule has 0 unspecified atom stereocenters. The summed E-state index contributed by atoms with van der Waals surface area (Å²) in [6.07, 6.45) is 3.62. The van der Waals surface area contributed by atoms with Gasteiger partial charge in [0.25, 0.3) is 0 Å². The molecule has 0 radical (unpaired) electrons. The van der Waals surface area contributed by atoms with E-state index in [9.17, 15) is 0 Å². The summed E-state index contributed by atoms with van der Waals surface area (Å²) >= 11 is 0. The molecule has 0 saturated carbocycles. The van der Waals surface area contributed by atoms with Crippen molar-refractivity contribution in [3.63, 3.8) is 0 Å². The van der Waals surface area contributed by atoms with Gasteiger partial charge in [0.05, 0.1) is 0 Å². The molecule has 0 bridgehead atoms. The fraction of sp³-hybridized carbons (Fsp3) is 0.200. The molecule has 0 saturated heterocycles. The van der Waals surface area contributed by atoms with Gasteiger partial charge >= 0.3 is 17.1 Å². The standard InChI is InChI=1S/C20H26O3Si2/c1-7-17-9-13-19(14-10-17)21-24(3,4)23-25(5,6)22-20-15-11-18(8-2)12-16-20/h7-16H,1-2H2,3-6H3. The lowest BCUT2D eigenvalue weighted by Crippen LogP contribution is -2.52. The van der Waals surface area contributed by atoms with E-state index in [1.54, 1.807) is 0 Å². The molecule has 0 spiro atoms. The third kappa shape index (κ3) is 6.05. The molecule has 2 rings (SSSR count). The first-order valence-electron chi connectivity index (χ1n) is 8.26. The van der Waals surface area contributed by atoms with Gasteiger partial charge in [0.15, 0.2) is 0 Å². The highest BCUT2D eigenvalue weighted by molar-refractivity contribution is 6.79. The fourth-order valence-corrected chi connectivity index (χ4v) is 9.02. The van der Waals surface area contributed by atoms with Gasteiger partial charge in [-0.3, -0.25) is 0 Å². The van der Waals surface area contributed by atoms with Crippen molar-refractivity contribution in [1.29, 1.82) is 0 Å². The van der Waals surface area contributed by atoms with E-state index in [4.69, 9.17) is 13.0 Å². The van der Waals surface area contributed by atoms with E-state index in [-0.39, 0.29) is 0 Å². The Morgan fingerprint density at radius 2 is 0.960 bits per heavy atom. The summed E-state index contributed by atoms with van der Waals surface area (Å²) in [6, 6.07) is 15.7. The van der Waals surface area contributed by atoms with Crippen molar-refractivity contribution >= 4 is 29.3 Å². The summed E-state index contributed by atoms with van der Waals surface area (Å²) in [5.41, 5.74) is 2.13. The molecule has 0 aromatic heterocycles. The SMILES string of the molecule is C=Cc1ccc(O[Si](C)(C)O[Si](C)(C)Oc2ccc(C=C)cc2)cc1. The molecule has 3 nitrogen and oxygen atoms in total. The first-order chi connectivity index (χ1) is 11.7. The van der Waals surface area contributed by atoms with Crippen molar-refractivity contribution in [2.24, 2.45) is 0 Å². The number of benzene rings is 2. The Balaban J connectivity index is 2.02. The molecule has 132 valence electrons. The zero-order chi connectivity index (χ0) is 18.5. The summed E-state index contributed by atoms with van der Waals surface area (Å²) in [6.45, 7) is 15.7. The van der Waals surface area contributed by atoms with Gasteiger partial charge in [-0.2, -0.15) is 0 Å². The topological polar surface area (TPSA) is 27.7 Å². The van der Waals surface area contributed by atoms with Gasteiger partial charge in [-0.25, -0.2) is 0 Å². The molecule has 2 aromatic rings. The summed E-state index contributed by atoms with van der Waals surface area (Å²) in [4.78, 5) is 0. The predicted octanol–water partition coefficient (Wildman–Crippen LogP) is 5.85. The summed E-state index contributed by atoms with van der Waals surface area (Å²) < 4.78 is 18.6. The lowest BCUT2D eigenvalue weighted by atomic mass is 10.2. The normalized spacial score (nSPS) is 11.7. The molecule has 0 aliphatic heterocycles. The zero-order valence-corrected chi connectivity index (χ0v) is 17.4. The Labute approximate surface area is 153 Å². The maximum atomic E-state index is 6.34. The van der Waals surface area contributed by atoms with E-state index in [1.165, 1.54) is 0 Å². The predicted molar refractivity (Wildman–Crippen MR) is 110 cm³/mol. The second kappa shape index (κ2) is 7.86. The van der Waals surface area contributed by atoms with E-state index in [0.29, 0.717) is 0 Å². The molecule has 0 fully saturated rings. The van der Waals surface area contributed by atoms with Gasteiger partial charge in [0, 0.05) is 0 Å². The van der Waals surface area contributed by atoms with Crippen LogP contribution in [-0.4, -0.2) is 17.1 Å². The Hall–Kier alpha value is -2.09. The Morgan fingerprint density at radius 3 is 1.24 bits per heavy atom. The molecule has 0 N–H and O–H groups in total. The van der Waals surface area contributed by atoms with Crippen LogP contribution >= 0.6 is 0 Å². The number of hydrogen-bond acceptors (Lipinski definition) is 3. The van der Waals surface area contributed by atoms with Gasteiger partial charge in [-0.1, -0.05) is 49.6 Å². The highest BCUT2D eigenvalue weighted by Crippen LogP contribution is 2.24. The molecule has 25 heavy (non-hydrogen) atoms. The van der Waals surface area contributed by atoms with Gasteiger partial charge < -0.3 is 13.0 Å². The summed E-state index contributed by atoms with van der Waals surface area (Å²) in [5, 5.41) is 0. The minimum atomic E-state index is -2.38. The lowest BCUT2D eigenvalue weighted by Gasteiger charge is -2.33. The third-order valence-corrected chi connectivity index (χ3v) is 8.84. The van der Waals surface area contributed by atoms with E-state index in [2.05, 4.69) is 13.2 Å². The first kappa shape index (κ1) is 19.2. The number of rotatable bonds is 8. The van der Waals surface area contributed by atoms with Crippen LogP contribution in [0, 0.1) is 0 Å². The summed E-state index contributed by atoms with van der Waals surface area (Å²) in [5.74, 6) is 1.62. The van der Waals surface area contributed by atoms with E-state index in [1.807, 2.05) is 86.9 Å². The molecule has 0 aliphatic carbocycles. The van der Waals surface area contributed by atoms with Crippen LogP contribution in [0.4, 0.5) is 0 Å². The average molecular weight is 371 g/mol. The quantitative estimate of drug-likeness (QED) is 0.545. The van der Waals surface area contributed by atoms with E-state index >= 15 is 0 Å². The van der Waals surface area contributed by atoms with Crippen LogP contribution in [0.3, 0.4) is 0 Å². The van der Waals surface area contributed by atoms with Crippen LogP contribution < -0.4 is 8.85 Å². The van der Waals surface area contributed by atoms with E-state index < -0.39 is 17.1 Å². The maximum absolute atomic E-state index is 6.34. The minimum Gasteiger partial charge on any atom is -0.521 e. The van der Waals surface area contributed by atoms with Crippen molar-refractivity contribution < 1.29 is 13.0 Å².